The second-order valence-electron chi connectivity index (χ2n) is 7.37. The van der Waals surface area contributed by atoms with E-state index in [1.54, 1.807) is 18.2 Å². The fourth-order valence-electron chi connectivity index (χ4n) is 3.10. The highest BCUT2D eigenvalue weighted by molar-refractivity contribution is 5.43. The number of aliphatic hydroxyl groups excluding tert-OH is 1. The zero-order valence-electron chi connectivity index (χ0n) is 17.3. The van der Waals surface area contributed by atoms with Gasteiger partial charge in [0.2, 0.25) is 0 Å². The molecule has 31 heavy (non-hydrogen) atoms. The topological polar surface area (TPSA) is 38.7 Å². The molecule has 0 spiro atoms. The number of halogens is 3. The van der Waals surface area contributed by atoms with Crippen molar-refractivity contribution in [3.8, 4) is 11.5 Å². The zero-order valence-corrected chi connectivity index (χ0v) is 17.3. The van der Waals surface area contributed by atoms with Crippen molar-refractivity contribution in [3.63, 3.8) is 0 Å². The van der Waals surface area contributed by atoms with E-state index in [2.05, 4.69) is 0 Å². The third-order valence-corrected chi connectivity index (χ3v) is 4.87. The van der Waals surface area contributed by atoms with E-state index in [0.29, 0.717) is 23.5 Å². The molecule has 0 radical (unpaired) electrons. The van der Waals surface area contributed by atoms with Gasteiger partial charge in [-0.3, -0.25) is 0 Å². The summed E-state index contributed by atoms with van der Waals surface area (Å²) in [5.74, 6) is -0.913. The van der Waals surface area contributed by atoms with Crippen molar-refractivity contribution in [2.75, 3.05) is 6.61 Å². The zero-order chi connectivity index (χ0) is 22.2. The van der Waals surface area contributed by atoms with Crippen LogP contribution in [0.1, 0.15) is 35.1 Å². The van der Waals surface area contributed by atoms with Crippen LogP contribution < -0.4 is 9.47 Å². The second-order valence-corrected chi connectivity index (χ2v) is 7.37. The molecule has 1 N–H and O–H groups in total. The number of ether oxygens (including phenoxy) is 2. The van der Waals surface area contributed by atoms with Gasteiger partial charge in [0, 0.05) is 23.8 Å². The molecule has 164 valence electrons. The molecule has 0 aromatic heterocycles. The summed E-state index contributed by atoms with van der Waals surface area (Å²) in [7, 11) is 0. The van der Waals surface area contributed by atoms with E-state index in [-0.39, 0.29) is 31.2 Å². The maximum Gasteiger partial charge on any atom is 0.161 e. The van der Waals surface area contributed by atoms with Crippen LogP contribution in [0.15, 0.2) is 54.6 Å². The Hall–Kier alpha value is -2.99. The molecule has 3 nitrogen and oxygen atoms in total. The minimum absolute atomic E-state index is 0.00742. The Morgan fingerprint density at radius 2 is 1.42 bits per heavy atom. The predicted octanol–water partition coefficient (Wildman–Crippen LogP) is 5.89. The van der Waals surface area contributed by atoms with Crippen LogP contribution >= 0.6 is 0 Å². The highest BCUT2D eigenvalue weighted by Gasteiger charge is 2.12. The summed E-state index contributed by atoms with van der Waals surface area (Å²) < 4.78 is 52.8. The average molecular weight is 430 g/mol. The molecular formula is C25H25F3O3. The Bertz CT molecular complexity index is 1020. The lowest BCUT2D eigenvalue weighted by Crippen LogP contribution is -2.04. The van der Waals surface area contributed by atoms with Gasteiger partial charge < -0.3 is 14.6 Å². The van der Waals surface area contributed by atoms with E-state index in [9.17, 15) is 13.2 Å². The van der Waals surface area contributed by atoms with Gasteiger partial charge in [-0.15, -0.1) is 0 Å². The van der Waals surface area contributed by atoms with Crippen LogP contribution in [0.5, 0.6) is 11.5 Å². The number of benzene rings is 3. The molecule has 0 atom stereocenters. The van der Waals surface area contributed by atoms with E-state index in [0.717, 1.165) is 30.0 Å². The Morgan fingerprint density at radius 1 is 0.742 bits per heavy atom. The first-order chi connectivity index (χ1) is 15.0. The molecule has 0 fully saturated rings. The molecule has 0 saturated carbocycles. The average Bonchev–Trinajstić information content (AvgIpc) is 2.73. The first-order valence-corrected chi connectivity index (χ1v) is 10.1. The summed E-state index contributed by atoms with van der Waals surface area (Å²) in [6.07, 6.45) is 2.24. The van der Waals surface area contributed by atoms with Crippen molar-refractivity contribution in [1.82, 2.24) is 0 Å². The first-order valence-electron chi connectivity index (χ1n) is 10.1. The number of aryl methyl sites for hydroxylation is 2. The van der Waals surface area contributed by atoms with E-state index in [1.165, 1.54) is 18.2 Å². The standard InChI is InChI=1S/C25H25F3O3/c1-17-5-7-19(22(27)12-17)16-31-25-13-18(4-2-3-11-29)6-10-24(25)30-15-20-8-9-21(26)14-23(20)28/h5-10,12-14,29H,2-4,11,15-16H2,1H3. The summed E-state index contributed by atoms with van der Waals surface area (Å²) in [5.41, 5.74) is 2.42. The lowest BCUT2D eigenvalue weighted by molar-refractivity contribution is 0.250. The fraction of sp³-hybridized carbons (Fsp3) is 0.280. The normalized spacial score (nSPS) is 10.9. The van der Waals surface area contributed by atoms with Crippen LogP contribution in [0.3, 0.4) is 0 Å². The lowest BCUT2D eigenvalue weighted by atomic mass is 10.1. The molecule has 0 heterocycles. The smallest absolute Gasteiger partial charge is 0.161 e. The molecule has 0 aliphatic heterocycles. The molecule has 0 bridgehead atoms. The highest BCUT2D eigenvalue weighted by atomic mass is 19.1. The molecule has 0 amide bonds. The Kier molecular flexibility index (Phi) is 7.95. The number of hydrogen-bond acceptors (Lipinski definition) is 3. The van der Waals surface area contributed by atoms with Crippen molar-refractivity contribution in [1.29, 1.82) is 0 Å². The largest absolute Gasteiger partial charge is 0.485 e. The maximum absolute atomic E-state index is 14.2. The molecule has 3 aromatic rings. The molecule has 0 aliphatic carbocycles. The Morgan fingerprint density at radius 3 is 2.10 bits per heavy atom. The molecule has 3 rings (SSSR count). The summed E-state index contributed by atoms with van der Waals surface area (Å²) >= 11 is 0. The van der Waals surface area contributed by atoms with Crippen LogP contribution in [0, 0.1) is 24.4 Å². The van der Waals surface area contributed by atoms with Gasteiger partial charge in [-0.1, -0.05) is 18.2 Å². The fourth-order valence-corrected chi connectivity index (χ4v) is 3.10. The highest BCUT2D eigenvalue weighted by Crippen LogP contribution is 2.31. The van der Waals surface area contributed by atoms with E-state index < -0.39 is 11.6 Å². The van der Waals surface area contributed by atoms with Gasteiger partial charge in [0.05, 0.1) is 0 Å². The van der Waals surface area contributed by atoms with E-state index in [4.69, 9.17) is 14.6 Å². The second kappa shape index (κ2) is 10.9. The Labute approximate surface area is 180 Å². The number of aliphatic hydroxyl groups is 1. The summed E-state index contributed by atoms with van der Waals surface area (Å²) in [6.45, 7) is 1.84. The van der Waals surface area contributed by atoms with E-state index >= 15 is 0 Å². The van der Waals surface area contributed by atoms with Gasteiger partial charge in [-0.05, 0) is 67.6 Å². The number of unbranched alkanes of at least 4 members (excludes halogenated alkanes) is 1. The van der Waals surface area contributed by atoms with Crippen LogP contribution in [0.4, 0.5) is 13.2 Å². The van der Waals surface area contributed by atoms with Crippen molar-refractivity contribution in [2.24, 2.45) is 0 Å². The lowest BCUT2D eigenvalue weighted by Gasteiger charge is -2.15. The third-order valence-electron chi connectivity index (χ3n) is 4.87. The maximum atomic E-state index is 14.2. The van der Waals surface area contributed by atoms with Crippen molar-refractivity contribution in [3.05, 3.63) is 94.3 Å². The molecule has 0 saturated heterocycles. The quantitative estimate of drug-likeness (QED) is 0.408. The van der Waals surface area contributed by atoms with E-state index in [1.807, 2.05) is 19.1 Å². The molecule has 3 aromatic carbocycles. The van der Waals surface area contributed by atoms with Gasteiger partial charge in [0.15, 0.2) is 11.5 Å². The van der Waals surface area contributed by atoms with Gasteiger partial charge in [0.25, 0.3) is 0 Å². The number of rotatable bonds is 10. The SMILES string of the molecule is Cc1ccc(COc2cc(CCCCO)ccc2OCc2ccc(F)cc2F)c(F)c1. The van der Waals surface area contributed by atoms with Crippen LogP contribution in [0.2, 0.25) is 0 Å². The summed E-state index contributed by atoms with van der Waals surface area (Å²) in [6, 6.07) is 13.6. The minimum atomic E-state index is -0.690. The number of hydrogen-bond donors (Lipinski definition) is 1. The molecular weight excluding hydrogens is 405 g/mol. The first kappa shape index (κ1) is 22.7. The molecule has 6 heteroatoms. The summed E-state index contributed by atoms with van der Waals surface area (Å²) in [5, 5.41) is 8.98. The Balaban J connectivity index is 1.77. The van der Waals surface area contributed by atoms with Crippen LogP contribution in [0.25, 0.3) is 0 Å². The van der Waals surface area contributed by atoms with Crippen LogP contribution in [-0.2, 0) is 19.6 Å². The monoisotopic (exact) mass is 430 g/mol. The third kappa shape index (κ3) is 6.49. The molecule has 0 aliphatic rings. The van der Waals surface area contributed by atoms with Crippen molar-refractivity contribution >= 4 is 0 Å². The summed E-state index contributed by atoms with van der Waals surface area (Å²) in [4.78, 5) is 0. The van der Waals surface area contributed by atoms with Gasteiger partial charge in [0.1, 0.15) is 30.7 Å². The van der Waals surface area contributed by atoms with Crippen LogP contribution in [-0.4, -0.2) is 11.7 Å². The minimum Gasteiger partial charge on any atom is -0.485 e. The van der Waals surface area contributed by atoms with Gasteiger partial charge >= 0.3 is 0 Å². The van der Waals surface area contributed by atoms with Gasteiger partial charge in [-0.25, -0.2) is 13.2 Å². The molecule has 0 unspecified atom stereocenters. The van der Waals surface area contributed by atoms with Crippen molar-refractivity contribution in [2.45, 2.75) is 39.4 Å². The predicted molar refractivity (Wildman–Crippen MR) is 113 cm³/mol. The van der Waals surface area contributed by atoms with Crippen molar-refractivity contribution < 1.29 is 27.8 Å². The van der Waals surface area contributed by atoms with Gasteiger partial charge in [-0.2, -0.15) is 0 Å².